The summed E-state index contributed by atoms with van der Waals surface area (Å²) in [5.74, 6) is 0. The smallest absolute Gasteiger partial charge is 0.412 e. The molecule has 0 aromatic heterocycles. The van der Waals surface area contributed by atoms with Gasteiger partial charge in [-0.05, 0) is 193 Å². The molecule has 17 rings (SSSR count). The average molecular weight is 1940 g/mol. The highest BCUT2D eigenvalue weighted by Crippen LogP contribution is 2.52. The van der Waals surface area contributed by atoms with Gasteiger partial charge in [0, 0.05) is 90.8 Å². The minimum Gasteiger partial charge on any atom is -0.456 e. The zero-order chi connectivity index (χ0) is 94.9. The summed E-state index contributed by atoms with van der Waals surface area (Å²) >= 11 is 23.1. The second-order valence-corrected chi connectivity index (χ2v) is 41.8. The van der Waals surface area contributed by atoms with Crippen LogP contribution in [0, 0.1) is 65.0 Å². The van der Waals surface area contributed by atoms with Crippen molar-refractivity contribution in [2.24, 2.45) is 65.0 Å². The first-order chi connectivity index (χ1) is 62.5. The summed E-state index contributed by atoms with van der Waals surface area (Å²) in [6.45, 7) is 41.3. The van der Waals surface area contributed by atoms with Crippen LogP contribution in [-0.4, -0.2) is 238 Å². The van der Waals surface area contributed by atoms with Gasteiger partial charge in [-0.25, -0.2) is 0 Å². The van der Waals surface area contributed by atoms with Crippen LogP contribution < -0.4 is 0 Å². The van der Waals surface area contributed by atoms with E-state index in [0.29, 0.717) is 126 Å². The number of aliphatic hydroxyl groups excluding tert-OH is 4. The number of fused-ring (bicyclic) bond motifs is 1. The molecule has 17 aliphatic rings. The number of ether oxygens (including phenoxy) is 21. The molecule has 12 fully saturated rings. The molecular formula is C100H172Cl2O25S3. The van der Waals surface area contributed by atoms with Crippen LogP contribution in [0.5, 0.6) is 0 Å². The first-order valence-electron chi connectivity index (χ1n) is 49.3. The van der Waals surface area contributed by atoms with Gasteiger partial charge in [-0.15, -0.1) is 0 Å². The van der Waals surface area contributed by atoms with E-state index in [1.165, 1.54) is 33.1 Å². The lowest BCUT2D eigenvalue weighted by Gasteiger charge is -2.50. The fraction of sp³-hybridized carbons (Fsp3) is 0.870. The maximum absolute atomic E-state index is 8.95. The molecule has 0 aromatic rings. The van der Waals surface area contributed by atoms with Crippen molar-refractivity contribution in [3.63, 3.8) is 0 Å². The molecule has 0 aromatic carbocycles. The molecule has 4 N–H and O–H groups in total. The Balaban J connectivity index is 0.000000229. The van der Waals surface area contributed by atoms with Crippen molar-refractivity contribution in [1.29, 1.82) is 0 Å². The van der Waals surface area contributed by atoms with Gasteiger partial charge < -0.3 is 120 Å². The van der Waals surface area contributed by atoms with Crippen LogP contribution in [0.15, 0.2) is 60.8 Å². The van der Waals surface area contributed by atoms with Gasteiger partial charge in [-0.2, -0.15) is 0 Å². The van der Waals surface area contributed by atoms with E-state index < -0.39 is 18.5 Å². The third-order valence-corrected chi connectivity index (χ3v) is 31.5. The molecule has 0 radical (unpaired) electrons. The number of thiocarbonyl (C=S) groups is 3. The topological polar surface area (TPSA) is 278 Å². The number of epoxide rings is 1. The summed E-state index contributed by atoms with van der Waals surface area (Å²) in [7, 11) is 1.25. The Morgan fingerprint density at radius 1 is 0.338 bits per heavy atom. The Bertz CT molecular complexity index is 3130. The van der Waals surface area contributed by atoms with Crippen LogP contribution >= 0.6 is 59.9 Å². The first kappa shape index (κ1) is 115. The average Bonchev–Trinajstić information content (AvgIpc) is 1.73. The maximum atomic E-state index is 8.95. The van der Waals surface area contributed by atoms with Crippen LogP contribution in [0.25, 0.3) is 0 Å². The third kappa shape index (κ3) is 33.8. The Kier molecular flexibility index (Phi) is 49.3. The van der Waals surface area contributed by atoms with Crippen LogP contribution in [0.1, 0.15) is 292 Å². The normalized spacial score (nSPS) is 27.3. The van der Waals surface area contributed by atoms with Crippen molar-refractivity contribution in [3.8, 4) is 0 Å². The predicted molar refractivity (Wildman–Crippen MR) is 518 cm³/mol. The molecule has 11 saturated heterocycles. The Labute approximate surface area is 809 Å². The summed E-state index contributed by atoms with van der Waals surface area (Å²) in [6, 6.07) is 0. The number of allylic oxidation sites excluding steroid dienone is 10. The van der Waals surface area contributed by atoms with E-state index in [2.05, 4.69) is 136 Å². The lowest BCUT2D eigenvalue weighted by Crippen LogP contribution is -2.58. The van der Waals surface area contributed by atoms with Crippen LogP contribution in [0.4, 0.5) is 0 Å². The van der Waals surface area contributed by atoms with E-state index in [0.717, 1.165) is 220 Å². The molecule has 2 unspecified atom stereocenters. The Morgan fingerprint density at radius 2 is 0.585 bits per heavy atom. The SMILES string of the molecule is C.C1=CCC2(CC1)COCOC2.C1=CCC2(CC1)COCOC2.CCC(CC)(CO)CO.CCC1(CC)COC(=S)OC1.CCC1(CC)COC(=S)OC1.CCC1(CC)COC2(OC1)OCC1(CC=CCC1)CO2.CCC1(CC)COC2(OC1)OCC1(CC=CCC1)CO2.CCC1(CC)COC2(OC1)OCC1(CCC3OC3C1)CO2.OCC1(CO)CC=CCC1.S=C(Cl)Cl.[3H]C. The molecule has 6 aliphatic carbocycles. The largest absolute Gasteiger partial charge is 0.456 e. The lowest BCUT2D eigenvalue weighted by atomic mass is 9.75. The monoisotopic (exact) mass is 1940 g/mol. The molecule has 11 heterocycles. The minimum absolute atomic E-state index is 0. The van der Waals surface area contributed by atoms with Gasteiger partial charge in [0.05, 0.1) is 144 Å². The third-order valence-electron chi connectivity index (χ3n) is 31.0. The number of aliphatic hydroxyl groups is 4. The molecule has 130 heavy (non-hydrogen) atoms. The Morgan fingerprint density at radius 3 is 0.792 bits per heavy atom. The second-order valence-electron chi connectivity index (χ2n) is 39.4. The molecule has 754 valence electrons. The number of hydrogen-bond acceptors (Lipinski definition) is 28. The second kappa shape index (κ2) is 55.8. The summed E-state index contributed by atoms with van der Waals surface area (Å²) in [6.07, 6.45) is 51.2. The van der Waals surface area contributed by atoms with Crippen molar-refractivity contribution in [2.45, 2.75) is 321 Å². The highest BCUT2D eigenvalue weighted by molar-refractivity contribution is 7.86. The van der Waals surface area contributed by atoms with Crippen LogP contribution in [0.3, 0.4) is 0 Å². The van der Waals surface area contributed by atoms with Gasteiger partial charge in [0.15, 0.2) is 3.78 Å². The number of hydrogen-bond donors (Lipinski definition) is 4. The molecule has 1 saturated carbocycles. The fourth-order valence-electron chi connectivity index (χ4n) is 18.1. The van der Waals surface area contributed by atoms with E-state index in [4.69, 9.17) is 169 Å². The van der Waals surface area contributed by atoms with Crippen molar-refractivity contribution in [3.05, 3.63) is 60.8 Å². The van der Waals surface area contributed by atoms with Crippen LogP contribution in [0.2, 0.25) is 0 Å². The van der Waals surface area contributed by atoms with Crippen molar-refractivity contribution in [2.75, 3.05) is 172 Å². The van der Waals surface area contributed by atoms with Gasteiger partial charge in [0.2, 0.25) is 0 Å². The zero-order valence-corrected chi connectivity index (χ0v) is 84.8. The first-order valence-corrected chi connectivity index (χ1v) is 50.3. The van der Waals surface area contributed by atoms with Gasteiger partial charge in [0.1, 0.15) is 40.0 Å². The molecule has 2 atom stereocenters. The van der Waals surface area contributed by atoms with Crippen molar-refractivity contribution >= 4 is 74.1 Å². The summed E-state index contributed by atoms with van der Waals surface area (Å²) in [5.41, 5.74) is 1.31. The molecule has 30 heteroatoms. The molecule has 8 spiro atoms. The van der Waals surface area contributed by atoms with E-state index in [1.54, 1.807) is 0 Å². The molecule has 25 nitrogen and oxygen atoms in total. The Hall–Kier alpha value is -2.09. The molecule has 11 aliphatic heterocycles. The van der Waals surface area contributed by atoms with E-state index in [-0.39, 0.29) is 91.8 Å². The predicted octanol–water partition coefficient (Wildman–Crippen LogP) is 21.1. The van der Waals surface area contributed by atoms with Gasteiger partial charge in [-0.1, -0.05) is 194 Å². The van der Waals surface area contributed by atoms with Crippen molar-refractivity contribution in [1.82, 2.24) is 0 Å². The van der Waals surface area contributed by atoms with E-state index in [9.17, 15) is 0 Å². The van der Waals surface area contributed by atoms with Gasteiger partial charge in [-0.3, -0.25) is 0 Å². The quantitative estimate of drug-likeness (QED) is 0.0483. The van der Waals surface area contributed by atoms with Gasteiger partial charge in [0.25, 0.3) is 0 Å². The van der Waals surface area contributed by atoms with Gasteiger partial charge >= 0.3 is 29.0 Å². The highest BCUT2D eigenvalue weighted by Gasteiger charge is 2.59. The van der Waals surface area contributed by atoms with E-state index >= 15 is 0 Å². The maximum Gasteiger partial charge on any atom is 0.412 e. The van der Waals surface area contributed by atoms with E-state index in [1.807, 2.05) is 19.9 Å². The lowest BCUT2D eigenvalue weighted by molar-refractivity contribution is -0.548. The molecule has 0 bridgehead atoms. The number of halogens is 2. The molecule has 0 amide bonds. The standard InChI is InChI=1S/C16H26O5.2C16H26O4.2C9H14O2.2C8H14O2S.C8H14O2.C7H16O2.CCl2S.2CH4/c1-3-14(4-2)8-17-16(18-9-14)19-10-15(11-20-16)6-5-12-13(7-15)21-12;2*1-3-14(4-2)10-17-16(18-11-14)19-12-15(13-20-16)8-6-5-7-9-15;2*1-2-4-9(5-3-1)6-10-8-11-7-9;2*1-3-8(4-2)5-9-7(11)10-6-8;9-6-8(7-10)4-2-1-3-5-8;1-3-7(4-2,5-8)6-9;2-1(3)4;;/h12-13H,3-11H2,1-2H3;2*5-6H,3-4,7-13H2,1-2H3;2*1-2H,3-8H2;2*3-6H2,1-2H3;1-2,9-10H,3-7H2;8-9H,3-6H2,1-2H3;;2*1H4/i;;;;;;;;;;1T;. The summed E-state index contributed by atoms with van der Waals surface area (Å²) in [4.78, 5) is 0. The minimum atomic E-state index is -1.25. The van der Waals surface area contributed by atoms with Crippen molar-refractivity contribution < 1.29 is 121 Å². The zero-order valence-electron chi connectivity index (χ0n) is 81.9. The number of rotatable bonds is 16. The fourth-order valence-corrected chi connectivity index (χ4v) is 18.4. The summed E-state index contributed by atoms with van der Waals surface area (Å²) in [5, 5.41) is 36.1. The molecular weight excluding hydrogens is 1770 g/mol. The highest BCUT2D eigenvalue weighted by atomic mass is 35.5. The summed E-state index contributed by atoms with van der Waals surface area (Å²) < 4.78 is 124. The van der Waals surface area contributed by atoms with Crippen LogP contribution in [-0.2, 0) is 99.5 Å².